The average Bonchev–Trinajstić information content (AvgIpc) is 2.40. The third-order valence-electron chi connectivity index (χ3n) is 2.64. The van der Waals surface area contributed by atoms with E-state index < -0.39 is 4.92 Å². The molecule has 1 heterocycles. The molecule has 6 heteroatoms. The standard InChI is InChI=1S/C13H13N3O3/c1-9-6-7-13(17)11(15-9)8-14-10-4-2-3-5-12(10)16(18)19/h2-7,14,17H,8H2,1H3. The van der Waals surface area contributed by atoms with Gasteiger partial charge in [-0.25, -0.2) is 0 Å². The van der Waals surface area contributed by atoms with Crippen molar-refractivity contribution in [3.05, 3.63) is 57.9 Å². The highest BCUT2D eigenvalue weighted by atomic mass is 16.6. The fourth-order valence-corrected chi connectivity index (χ4v) is 1.69. The maximum atomic E-state index is 10.9. The third-order valence-corrected chi connectivity index (χ3v) is 2.64. The molecule has 0 aliphatic rings. The van der Waals surface area contributed by atoms with E-state index in [2.05, 4.69) is 10.3 Å². The predicted molar refractivity (Wildman–Crippen MR) is 71.1 cm³/mol. The number of pyridine rings is 1. The largest absolute Gasteiger partial charge is 0.506 e. The zero-order valence-corrected chi connectivity index (χ0v) is 10.3. The summed E-state index contributed by atoms with van der Waals surface area (Å²) in [5.74, 6) is 0.0664. The Morgan fingerprint density at radius 1 is 1.32 bits per heavy atom. The van der Waals surface area contributed by atoms with Crippen LogP contribution in [0.1, 0.15) is 11.4 Å². The van der Waals surface area contributed by atoms with E-state index in [0.717, 1.165) is 5.69 Å². The number of nitrogens with one attached hydrogen (secondary N) is 1. The number of nitro benzene ring substituents is 1. The van der Waals surface area contributed by atoms with Gasteiger partial charge in [0.15, 0.2) is 0 Å². The van der Waals surface area contributed by atoms with Crippen LogP contribution >= 0.6 is 0 Å². The van der Waals surface area contributed by atoms with Gasteiger partial charge in [-0.3, -0.25) is 15.1 Å². The lowest BCUT2D eigenvalue weighted by molar-refractivity contribution is -0.384. The van der Waals surface area contributed by atoms with Crippen LogP contribution in [0, 0.1) is 17.0 Å². The summed E-state index contributed by atoms with van der Waals surface area (Å²) >= 11 is 0. The molecule has 0 spiro atoms. The van der Waals surface area contributed by atoms with Gasteiger partial charge in [0.25, 0.3) is 5.69 Å². The summed E-state index contributed by atoms with van der Waals surface area (Å²) in [6.07, 6.45) is 0. The van der Waals surface area contributed by atoms with Gasteiger partial charge in [-0.05, 0) is 25.1 Å². The number of hydrogen-bond acceptors (Lipinski definition) is 5. The molecular formula is C13H13N3O3. The van der Waals surface area contributed by atoms with Crippen molar-refractivity contribution in [2.75, 3.05) is 5.32 Å². The molecule has 0 saturated carbocycles. The maximum Gasteiger partial charge on any atom is 0.292 e. The lowest BCUT2D eigenvalue weighted by atomic mass is 10.2. The molecule has 1 aromatic carbocycles. The van der Waals surface area contributed by atoms with Crippen molar-refractivity contribution in [3.8, 4) is 5.75 Å². The molecule has 2 N–H and O–H groups in total. The van der Waals surface area contributed by atoms with E-state index in [0.29, 0.717) is 11.4 Å². The van der Waals surface area contributed by atoms with Crippen molar-refractivity contribution >= 4 is 11.4 Å². The van der Waals surface area contributed by atoms with Crippen LogP contribution in [0.4, 0.5) is 11.4 Å². The number of rotatable bonds is 4. The first kappa shape index (κ1) is 12.8. The quantitative estimate of drug-likeness (QED) is 0.650. The van der Waals surface area contributed by atoms with Crippen LogP contribution in [0.15, 0.2) is 36.4 Å². The highest BCUT2D eigenvalue weighted by Crippen LogP contribution is 2.24. The highest BCUT2D eigenvalue weighted by Gasteiger charge is 2.12. The summed E-state index contributed by atoms with van der Waals surface area (Å²) in [4.78, 5) is 14.6. The third kappa shape index (κ3) is 2.98. The summed E-state index contributed by atoms with van der Waals surface area (Å²) in [5.41, 5.74) is 1.63. The SMILES string of the molecule is Cc1ccc(O)c(CNc2ccccc2[N+](=O)[O-])n1. The minimum Gasteiger partial charge on any atom is -0.506 e. The Labute approximate surface area is 109 Å². The molecule has 6 nitrogen and oxygen atoms in total. The molecule has 0 aliphatic heterocycles. The number of aryl methyl sites for hydroxylation is 1. The molecule has 2 aromatic rings. The molecule has 0 aliphatic carbocycles. The first-order valence-electron chi connectivity index (χ1n) is 5.70. The van der Waals surface area contributed by atoms with Crippen LogP contribution in [-0.2, 0) is 6.54 Å². The van der Waals surface area contributed by atoms with Crippen molar-refractivity contribution in [2.45, 2.75) is 13.5 Å². The molecule has 2 rings (SSSR count). The number of nitrogens with zero attached hydrogens (tertiary/aromatic N) is 2. The van der Waals surface area contributed by atoms with E-state index in [4.69, 9.17) is 0 Å². The van der Waals surface area contributed by atoms with E-state index in [-0.39, 0.29) is 18.0 Å². The normalized spacial score (nSPS) is 10.2. The Kier molecular flexibility index (Phi) is 3.61. The number of nitro groups is 1. The second-order valence-corrected chi connectivity index (χ2v) is 4.05. The van der Waals surface area contributed by atoms with Gasteiger partial charge < -0.3 is 10.4 Å². The first-order valence-corrected chi connectivity index (χ1v) is 5.70. The van der Waals surface area contributed by atoms with Crippen LogP contribution < -0.4 is 5.32 Å². The topological polar surface area (TPSA) is 88.3 Å². The number of aromatic hydroxyl groups is 1. The Morgan fingerprint density at radius 3 is 2.79 bits per heavy atom. The van der Waals surface area contributed by atoms with Crippen LogP contribution in [0.5, 0.6) is 5.75 Å². The molecule has 0 atom stereocenters. The van der Waals surface area contributed by atoms with Gasteiger partial charge in [0.05, 0.1) is 11.5 Å². The van der Waals surface area contributed by atoms with Crippen molar-refractivity contribution in [1.29, 1.82) is 0 Å². The molecule has 0 unspecified atom stereocenters. The van der Waals surface area contributed by atoms with Crippen molar-refractivity contribution in [3.63, 3.8) is 0 Å². The molecule has 0 saturated heterocycles. The molecule has 0 bridgehead atoms. The smallest absolute Gasteiger partial charge is 0.292 e. The molecule has 19 heavy (non-hydrogen) atoms. The zero-order chi connectivity index (χ0) is 13.8. The molecule has 0 radical (unpaired) electrons. The van der Waals surface area contributed by atoms with Crippen LogP contribution in [0.2, 0.25) is 0 Å². The van der Waals surface area contributed by atoms with E-state index in [9.17, 15) is 15.2 Å². The average molecular weight is 259 g/mol. The summed E-state index contributed by atoms with van der Waals surface area (Å²) in [7, 11) is 0. The summed E-state index contributed by atoms with van der Waals surface area (Å²) in [6.45, 7) is 2.03. The van der Waals surface area contributed by atoms with E-state index in [1.807, 2.05) is 6.92 Å². The van der Waals surface area contributed by atoms with Crippen molar-refractivity contribution in [1.82, 2.24) is 4.98 Å². The molecule has 0 amide bonds. The van der Waals surface area contributed by atoms with Crippen LogP contribution in [0.25, 0.3) is 0 Å². The molecular weight excluding hydrogens is 246 g/mol. The summed E-state index contributed by atoms with van der Waals surface area (Å²) < 4.78 is 0. The Morgan fingerprint density at radius 2 is 2.05 bits per heavy atom. The zero-order valence-electron chi connectivity index (χ0n) is 10.3. The van der Waals surface area contributed by atoms with Gasteiger partial charge in [-0.15, -0.1) is 0 Å². The molecule has 1 aromatic heterocycles. The summed E-state index contributed by atoms with van der Waals surface area (Å²) in [6, 6.07) is 9.60. The van der Waals surface area contributed by atoms with Gasteiger partial charge in [0.2, 0.25) is 0 Å². The van der Waals surface area contributed by atoms with E-state index >= 15 is 0 Å². The molecule has 0 fully saturated rings. The lowest BCUT2D eigenvalue weighted by Gasteiger charge is -2.08. The number of aromatic nitrogens is 1. The number of benzene rings is 1. The summed E-state index contributed by atoms with van der Waals surface area (Å²) in [5, 5.41) is 23.4. The van der Waals surface area contributed by atoms with Crippen molar-refractivity contribution in [2.24, 2.45) is 0 Å². The second kappa shape index (κ2) is 5.34. The van der Waals surface area contributed by atoms with Gasteiger partial charge in [-0.1, -0.05) is 12.1 Å². The Hall–Kier alpha value is -2.63. The minimum absolute atomic E-state index is 0.00496. The minimum atomic E-state index is -0.453. The fourth-order valence-electron chi connectivity index (χ4n) is 1.69. The van der Waals surface area contributed by atoms with Crippen LogP contribution in [0.3, 0.4) is 0 Å². The van der Waals surface area contributed by atoms with Gasteiger partial charge in [0.1, 0.15) is 17.1 Å². The van der Waals surface area contributed by atoms with Crippen LogP contribution in [-0.4, -0.2) is 15.0 Å². The van der Waals surface area contributed by atoms with E-state index in [1.165, 1.54) is 6.07 Å². The number of hydrogen-bond donors (Lipinski definition) is 2. The fraction of sp³-hybridized carbons (Fsp3) is 0.154. The highest BCUT2D eigenvalue weighted by molar-refractivity contribution is 5.61. The Balaban J connectivity index is 2.19. The monoisotopic (exact) mass is 259 g/mol. The first-order chi connectivity index (χ1) is 9.08. The molecule has 98 valence electrons. The van der Waals surface area contributed by atoms with Gasteiger partial charge in [-0.2, -0.15) is 0 Å². The predicted octanol–water partition coefficient (Wildman–Crippen LogP) is 2.62. The number of anilines is 1. The lowest BCUT2D eigenvalue weighted by Crippen LogP contribution is -2.04. The van der Waals surface area contributed by atoms with Gasteiger partial charge >= 0.3 is 0 Å². The maximum absolute atomic E-state index is 10.9. The van der Waals surface area contributed by atoms with E-state index in [1.54, 1.807) is 30.3 Å². The van der Waals surface area contributed by atoms with Crippen molar-refractivity contribution < 1.29 is 10.0 Å². The number of para-hydroxylation sites is 2. The van der Waals surface area contributed by atoms with Gasteiger partial charge in [0, 0.05) is 11.8 Å². The second-order valence-electron chi connectivity index (χ2n) is 4.05. The Bertz CT molecular complexity index is 614.